The van der Waals surface area contributed by atoms with Gasteiger partial charge in [0.15, 0.2) is 0 Å². The molecule has 6 nitrogen and oxygen atoms in total. The predicted molar refractivity (Wildman–Crippen MR) is 59.8 cm³/mol. The molecule has 1 N–H and O–H groups in total. The molecule has 2 aromatic heterocycles. The standard InChI is InChI=1S/C10H16N6/c1-15-10(3-5-13-15)2-4-11-6-8-16-9-7-12-14-16/h3,5,7,9,11H,2,4,6,8H2,1H3. The van der Waals surface area contributed by atoms with Crippen LogP contribution in [0.2, 0.25) is 0 Å². The summed E-state index contributed by atoms with van der Waals surface area (Å²) >= 11 is 0. The summed E-state index contributed by atoms with van der Waals surface area (Å²) in [7, 11) is 1.96. The van der Waals surface area contributed by atoms with Crippen molar-refractivity contribution in [1.82, 2.24) is 30.1 Å². The van der Waals surface area contributed by atoms with Crippen molar-refractivity contribution in [2.45, 2.75) is 13.0 Å². The van der Waals surface area contributed by atoms with E-state index in [1.54, 1.807) is 6.20 Å². The molecule has 2 heterocycles. The second-order valence-corrected chi connectivity index (χ2v) is 3.61. The lowest BCUT2D eigenvalue weighted by molar-refractivity contribution is 0.537. The maximum Gasteiger partial charge on any atom is 0.0692 e. The zero-order valence-electron chi connectivity index (χ0n) is 9.37. The van der Waals surface area contributed by atoms with E-state index in [2.05, 4.69) is 20.7 Å². The lowest BCUT2D eigenvalue weighted by Crippen LogP contribution is -2.23. The Kier molecular flexibility index (Phi) is 3.66. The van der Waals surface area contributed by atoms with Gasteiger partial charge in [-0.3, -0.25) is 9.36 Å². The van der Waals surface area contributed by atoms with Crippen LogP contribution in [0.25, 0.3) is 0 Å². The van der Waals surface area contributed by atoms with Gasteiger partial charge in [0.25, 0.3) is 0 Å². The monoisotopic (exact) mass is 220 g/mol. The second-order valence-electron chi connectivity index (χ2n) is 3.61. The molecule has 0 bridgehead atoms. The Morgan fingerprint density at radius 1 is 1.31 bits per heavy atom. The summed E-state index contributed by atoms with van der Waals surface area (Å²) in [6, 6.07) is 2.04. The van der Waals surface area contributed by atoms with Gasteiger partial charge >= 0.3 is 0 Å². The molecule has 0 saturated carbocycles. The third kappa shape index (κ3) is 2.90. The van der Waals surface area contributed by atoms with Gasteiger partial charge in [-0.25, -0.2) is 0 Å². The molecular formula is C10H16N6. The summed E-state index contributed by atoms with van der Waals surface area (Å²) in [5.41, 5.74) is 1.24. The first-order valence-corrected chi connectivity index (χ1v) is 5.38. The lowest BCUT2D eigenvalue weighted by Gasteiger charge is -2.04. The number of nitrogens with zero attached hydrogens (tertiary/aromatic N) is 5. The molecule has 0 radical (unpaired) electrons. The van der Waals surface area contributed by atoms with Crippen molar-refractivity contribution in [3.05, 3.63) is 30.4 Å². The highest BCUT2D eigenvalue weighted by molar-refractivity contribution is 5.00. The fourth-order valence-corrected chi connectivity index (χ4v) is 1.53. The van der Waals surface area contributed by atoms with E-state index < -0.39 is 0 Å². The quantitative estimate of drug-likeness (QED) is 0.687. The average molecular weight is 220 g/mol. The summed E-state index contributed by atoms with van der Waals surface area (Å²) in [5.74, 6) is 0. The molecular weight excluding hydrogens is 204 g/mol. The highest BCUT2D eigenvalue weighted by atomic mass is 15.4. The first kappa shape index (κ1) is 10.8. The Bertz CT molecular complexity index is 405. The maximum atomic E-state index is 4.12. The van der Waals surface area contributed by atoms with Crippen molar-refractivity contribution in [2.24, 2.45) is 7.05 Å². The van der Waals surface area contributed by atoms with Gasteiger partial charge in [-0.15, -0.1) is 5.10 Å². The van der Waals surface area contributed by atoms with Crippen LogP contribution in [0, 0.1) is 0 Å². The zero-order chi connectivity index (χ0) is 11.2. The van der Waals surface area contributed by atoms with Crippen molar-refractivity contribution in [1.29, 1.82) is 0 Å². The fourth-order valence-electron chi connectivity index (χ4n) is 1.53. The van der Waals surface area contributed by atoms with Crippen LogP contribution in [0.5, 0.6) is 0 Å². The van der Waals surface area contributed by atoms with Crippen LogP contribution in [0.15, 0.2) is 24.7 Å². The van der Waals surface area contributed by atoms with Gasteiger partial charge in [-0.1, -0.05) is 5.21 Å². The molecule has 0 unspecified atom stereocenters. The van der Waals surface area contributed by atoms with Crippen LogP contribution in [0.1, 0.15) is 5.69 Å². The molecule has 86 valence electrons. The van der Waals surface area contributed by atoms with E-state index in [1.807, 2.05) is 34.9 Å². The first-order chi connectivity index (χ1) is 7.86. The molecule has 6 heteroatoms. The van der Waals surface area contributed by atoms with Crippen molar-refractivity contribution in [3.63, 3.8) is 0 Å². The van der Waals surface area contributed by atoms with Crippen molar-refractivity contribution >= 4 is 0 Å². The van der Waals surface area contributed by atoms with Crippen molar-refractivity contribution in [3.8, 4) is 0 Å². The summed E-state index contributed by atoms with van der Waals surface area (Å²) in [6.45, 7) is 2.71. The van der Waals surface area contributed by atoms with Crippen molar-refractivity contribution in [2.75, 3.05) is 13.1 Å². The van der Waals surface area contributed by atoms with Gasteiger partial charge < -0.3 is 5.32 Å². The Balaban J connectivity index is 1.61. The fraction of sp³-hybridized carbons (Fsp3) is 0.500. The molecule has 16 heavy (non-hydrogen) atoms. The topological polar surface area (TPSA) is 60.6 Å². The Morgan fingerprint density at radius 2 is 2.25 bits per heavy atom. The molecule has 0 fully saturated rings. The Morgan fingerprint density at radius 3 is 2.94 bits per heavy atom. The molecule has 0 atom stereocenters. The number of rotatable bonds is 6. The van der Waals surface area contributed by atoms with Crippen LogP contribution in [-0.4, -0.2) is 37.9 Å². The summed E-state index contributed by atoms with van der Waals surface area (Å²) in [5, 5.41) is 15.1. The minimum atomic E-state index is 0.853. The van der Waals surface area contributed by atoms with Gasteiger partial charge in [0, 0.05) is 44.6 Å². The van der Waals surface area contributed by atoms with Crippen molar-refractivity contribution < 1.29 is 0 Å². The highest BCUT2D eigenvalue weighted by Crippen LogP contribution is 1.95. The van der Waals surface area contributed by atoms with E-state index in [1.165, 1.54) is 5.69 Å². The number of hydrogen-bond acceptors (Lipinski definition) is 4. The summed E-state index contributed by atoms with van der Waals surface area (Å²) in [4.78, 5) is 0. The molecule has 0 aromatic carbocycles. The molecule has 0 saturated heterocycles. The number of hydrogen-bond donors (Lipinski definition) is 1. The van der Waals surface area contributed by atoms with Crippen LogP contribution in [0.3, 0.4) is 0 Å². The minimum Gasteiger partial charge on any atom is -0.315 e. The summed E-state index contributed by atoms with van der Waals surface area (Å²) in [6.07, 6.45) is 6.37. The molecule has 0 spiro atoms. The number of nitrogens with one attached hydrogen (secondary N) is 1. The molecule has 0 aliphatic rings. The molecule has 2 aromatic rings. The third-order valence-electron chi connectivity index (χ3n) is 2.47. The second kappa shape index (κ2) is 5.41. The molecule has 0 aliphatic heterocycles. The molecule has 0 aliphatic carbocycles. The number of aryl methyl sites for hydroxylation is 1. The van der Waals surface area contributed by atoms with E-state index in [-0.39, 0.29) is 0 Å². The number of aromatic nitrogens is 5. The predicted octanol–water partition coefficient (Wildman–Crippen LogP) is -0.156. The maximum absolute atomic E-state index is 4.12. The lowest BCUT2D eigenvalue weighted by atomic mass is 10.3. The Labute approximate surface area is 94.3 Å². The molecule has 0 amide bonds. The average Bonchev–Trinajstić information content (AvgIpc) is 2.90. The summed E-state index contributed by atoms with van der Waals surface area (Å²) < 4.78 is 3.72. The van der Waals surface area contributed by atoms with Crippen LogP contribution < -0.4 is 5.32 Å². The van der Waals surface area contributed by atoms with E-state index in [9.17, 15) is 0 Å². The van der Waals surface area contributed by atoms with E-state index >= 15 is 0 Å². The van der Waals surface area contributed by atoms with Gasteiger partial charge in [0.05, 0.1) is 12.7 Å². The van der Waals surface area contributed by atoms with Crippen LogP contribution in [0.4, 0.5) is 0 Å². The van der Waals surface area contributed by atoms with E-state index in [4.69, 9.17) is 0 Å². The van der Waals surface area contributed by atoms with Gasteiger partial charge in [-0.05, 0) is 6.07 Å². The SMILES string of the molecule is Cn1nccc1CCNCCn1ccnn1. The Hall–Kier alpha value is -1.69. The first-order valence-electron chi connectivity index (χ1n) is 5.38. The van der Waals surface area contributed by atoms with Crippen LogP contribution >= 0.6 is 0 Å². The van der Waals surface area contributed by atoms with E-state index in [0.29, 0.717) is 0 Å². The van der Waals surface area contributed by atoms with E-state index in [0.717, 1.165) is 26.1 Å². The highest BCUT2D eigenvalue weighted by Gasteiger charge is 1.97. The van der Waals surface area contributed by atoms with Gasteiger partial charge in [0.1, 0.15) is 0 Å². The van der Waals surface area contributed by atoms with Crippen LogP contribution in [-0.2, 0) is 20.0 Å². The zero-order valence-corrected chi connectivity index (χ0v) is 9.37. The third-order valence-corrected chi connectivity index (χ3v) is 2.47. The minimum absolute atomic E-state index is 0.853. The van der Waals surface area contributed by atoms with Gasteiger partial charge in [0.2, 0.25) is 0 Å². The normalized spacial score (nSPS) is 10.8. The largest absolute Gasteiger partial charge is 0.315 e. The molecule has 2 rings (SSSR count). The smallest absolute Gasteiger partial charge is 0.0692 e. The van der Waals surface area contributed by atoms with Gasteiger partial charge in [-0.2, -0.15) is 5.10 Å².